The Labute approximate surface area is 166 Å². The van der Waals surface area contributed by atoms with Gasteiger partial charge in [0.05, 0.1) is 28.1 Å². The number of amides is 1. The van der Waals surface area contributed by atoms with E-state index in [1.165, 1.54) is 24.4 Å². The molecule has 1 aromatic heterocycles. The minimum Gasteiger partial charge on any atom is -0.378 e. The van der Waals surface area contributed by atoms with E-state index in [-0.39, 0.29) is 24.0 Å². The predicted octanol–water partition coefficient (Wildman–Crippen LogP) is 3.32. The van der Waals surface area contributed by atoms with Crippen LogP contribution in [0, 0.1) is 15.9 Å². The van der Waals surface area contributed by atoms with Crippen molar-refractivity contribution in [3.05, 3.63) is 81.9 Å². The number of halogens is 1. The van der Waals surface area contributed by atoms with Crippen LogP contribution in [0.3, 0.4) is 0 Å². The van der Waals surface area contributed by atoms with E-state index in [9.17, 15) is 19.3 Å². The van der Waals surface area contributed by atoms with Crippen molar-refractivity contribution in [1.29, 1.82) is 0 Å². The number of hydrogen-bond donors (Lipinski definition) is 2. The summed E-state index contributed by atoms with van der Waals surface area (Å²) in [5.41, 5.74) is 2.18. The average Bonchev–Trinajstić information content (AvgIpc) is 3.16. The summed E-state index contributed by atoms with van der Waals surface area (Å²) in [7, 11) is 0. The molecule has 2 aromatic carbocycles. The van der Waals surface area contributed by atoms with Crippen LogP contribution < -0.4 is 10.6 Å². The number of para-hydroxylation sites is 2. The molecule has 150 valence electrons. The van der Waals surface area contributed by atoms with Crippen molar-refractivity contribution in [2.45, 2.75) is 13.3 Å². The van der Waals surface area contributed by atoms with Crippen molar-refractivity contribution in [3.63, 3.8) is 0 Å². The Kier molecular flexibility index (Phi) is 6.18. The SMILES string of the molecule is CCc1c(C(=O)NCCNc2ccccc2[N+](=O)[O-])cnn1-c1ccc(F)cc1. The lowest BCUT2D eigenvalue weighted by atomic mass is 10.2. The summed E-state index contributed by atoms with van der Waals surface area (Å²) in [6.07, 6.45) is 2.04. The highest BCUT2D eigenvalue weighted by atomic mass is 19.1. The van der Waals surface area contributed by atoms with Crippen LogP contribution in [-0.4, -0.2) is 33.7 Å². The normalized spacial score (nSPS) is 10.6. The van der Waals surface area contributed by atoms with Crippen molar-refractivity contribution < 1.29 is 14.1 Å². The van der Waals surface area contributed by atoms with Crippen LogP contribution in [0.25, 0.3) is 5.69 Å². The summed E-state index contributed by atoms with van der Waals surface area (Å²) in [6, 6.07) is 12.2. The van der Waals surface area contributed by atoms with Gasteiger partial charge in [-0.05, 0) is 36.8 Å². The number of anilines is 1. The van der Waals surface area contributed by atoms with Crippen molar-refractivity contribution >= 4 is 17.3 Å². The van der Waals surface area contributed by atoms with Gasteiger partial charge in [0.15, 0.2) is 0 Å². The maximum atomic E-state index is 13.1. The molecule has 0 saturated heterocycles. The zero-order valence-corrected chi connectivity index (χ0v) is 15.8. The molecule has 0 aliphatic heterocycles. The first-order chi connectivity index (χ1) is 14.0. The summed E-state index contributed by atoms with van der Waals surface area (Å²) >= 11 is 0. The first kappa shape index (κ1) is 20.0. The molecule has 3 aromatic rings. The summed E-state index contributed by atoms with van der Waals surface area (Å²) < 4.78 is 14.8. The number of carbonyl (C=O) groups is 1. The van der Waals surface area contributed by atoms with E-state index < -0.39 is 4.92 Å². The maximum Gasteiger partial charge on any atom is 0.292 e. The Morgan fingerprint density at radius 1 is 1.17 bits per heavy atom. The molecule has 8 nitrogen and oxygen atoms in total. The van der Waals surface area contributed by atoms with Gasteiger partial charge in [0.1, 0.15) is 11.5 Å². The lowest BCUT2D eigenvalue weighted by molar-refractivity contribution is -0.384. The van der Waals surface area contributed by atoms with Crippen LogP contribution in [0.4, 0.5) is 15.8 Å². The Balaban J connectivity index is 1.63. The molecule has 0 bridgehead atoms. The molecule has 0 fully saturated rings. The fourth-order valence-electron chi connectivity index (χ4n) is 2.96. The third-order valence-corrected chi connectivity index (χ3v) is 4.35. The number of benzene rings is 2. The minimum atomic E-state index is -0.460. The predicted molar refractivity (Wildman–Crippen MR) is 107 cm³/mol. The molecular weight excluding hydrogens is 377 g/mol. The van der Waals surface area contributed by atoms with E-state index in [0.717, 1.165) is 0 Å². The van der Waals surface area contributed by atoms with Gasteiger partial charge in [-0.3, -0.25) is 14.9 Å². The van der Waals surface area contributed by atoms with Gasteiger partial charge in [0.2, 0.25) is 0 Å². The highest BCUT2D eigenvalue weighted by Crippen LogP contribution is 2.22. The largest absolute Gasteiger partial charge is 0.378 e. The average molecular weight is 397 g/mol. The van der Waals surface area contributed by atoms with Gasteiger partial charge in [0.25, 0.3) is 11.6 Å². The lowest BCUT2D eigenvalue weighted by Crippen LogP contribution is -2.29. The third-order valence-electron chi connectivity index (χ3n) is 4.35. The summed E-state index contributed by atoms with van der Waals surface area (Å²) in [6.45, 7) is 2.50. The number of hydrogen-bond acceptors (Lipinski definition) is 5. The Hall–Kier alpha value is -3.75. The van der Waals surface area contributed by atoms with Gasteiger partial charge < -0.3 is 10.6 Å². The van der Waals surface area contributed by atoms with Gasteiger partial charge in [-0.25, -0.2) is 9.07 Å². The van der Waals surface area contributed by atoms with Crippen LogP contribution in [-0.2, 0) is 6.42 Å². The smallest absolute Gasteiger partial charge is 0.292 e. The molecule has 0 unspecified atom stereocenters. The second kappa shape index (κ2) is 8.96. The Morgan fingerprint density at radius 2 is 1.90 bits per heavy atom. The topological polar surface area (TPSA) is 102 Å². The molecule has 1 heterocycles. The van der Waals surface area contributed by atoms with Crippen molar-refractivity contribution in [1.82, 2.24) is 15.1 Å². The van der Waals surface area contributed by atoms with Gasteiger partial charge >= 0.3 is 0 Å². The summed E-state index contributed by atoms with van der Waals surface area (Å²) in [5.74, 6) is -0.636. The molecule has 2 N–H and O–H groups in total. The molecule has 3 rings (SSSR count). The van der Waals surface area contributed by atoms with E-state index in [0.29, 0.717) is 35.6 Å². The number of carbonyl (C=O) groups excluding carboxylic acids is 1. The number of aromatic nitrogens is 2. The number of rotatable bonds is 8. The molecule has 0 atom stereocenters. The first-order valence-electron chi connectivity index (χ1n) is 9.09. The van der Waals surface area contributed by atoms with Crippen molar-refractivity contribution in [2.75, 3.05) is 18.4 Å². The van der Waals surface area contributed by atoms with E-state index in [1.807, 2.05) is 6.92 Å². The van der Waals surface area contributed by atoms with Gasteiger partial charge in [0, 0.05) is 19.2 Å². The number of nitrogens with one attached hydrogen (secondary N) is 2. The Bertz CT molecular complexity index is 1020. The lowest BCUT2D eigenvalue weighted by Gasteiger charge is -2.10. The highest BCUT2D eigenvalue weighted by molar-refractivity contribution is 5.95. The van der Waals surface area contributed by atoms with Crippen LogP contribution in [0.5, 0.6) is 0 Å². The van der Waals surface area contributed by atoms with Crippen molar-refractivity contribution in [2.24, 2.45) is 0 Å². The molecule has 0 aliphatic rings. The van der Waals surface area contributed by atoms with Gasteiger partial charge in [-0.15, -0.1) is 0 Å². The molecule has 1 amide bonds. The van der Waals surface area contributed by atoms with E-state index in [1.54, 1.807) is 35.0 Å². The quantitative estimate of drug-likeness (QED) is 0.345. The van der Waals surface area contributed by atoms with Crippen LogP contribution in [0.1, 0.15) is 23.0 Å². The van der Waals surface area contributed by atoms with Crippen LogP contribution in [0.15, 0.2) is 54.7 Å². The standard InChI is InChI=1S/C20H20FN5O3/c1-2-18-16(13-24-25(18)15-9-7-14(21)8-10-15)20(27)23-12-11-22-17-5-3-4-6-19(17)26(28)29/h3-10,13,22H,2,11-12H2,1H3,(H,23,27). The molecule has 0 aliphatic carbocycles. The second-order valence-electron chi connectivity index (χ2n) is 6.20. The number of nitro groups is 1. The number of nitrogens with zero attached hydrogens (tertiary/aromatic N) is 3. The monoisotopic (exact) mass is 397 g/mol. The molecule has 0 radical (unpaired) electrons. The Morgan fingerprint density at radius 3 is 2.59 bits per heavy atom. The van der Waals surface area contributed by atoms with E-state index >= 15 is 0 Å². The van der Waals surface area contributed by atoms with Gasteiger partial charge in [-0.2, -0.15) is 5.10 Å². The highest BCUT2D eigenvalue weighted by Gasteiger charge is 2.17. The second-order valence-corrected chi connectivity index (χ2v) is 6.20. The fraction of sp³-hybridized carbons (Fsp3) is 0.200. The third kappa shape index (κ3) is 4.57. The van der Waals surface area contributed by atoms with Crippen LogP contribution in [0.2, 0.25) is 0 Å². The zero-order chi connectivity index (χ0) is 20.8. The van der Waals surface area contributed by atoms with Crippen LogP contribution >= 0.6 is 0 Å². The van der Waals surface area contributed by atoms with Gasteiger partial charge in [-0.1, -0.05) is 19.1 Å². The maximum absolute atomic E-state index is 13.1. The number of nitro benzene ring substituents is 1. The summed E-state index contributed by atoms with van der Waals surface area (Å²) in [4.78, 5) is 23.1. The summed E-state index contributed by atoms with van der Waals surface area (Å²) in [5, 5.41) is 21.0. The van der Waals surface area contributed by atoms with E-state index in [2.05, 4.69) is 15.7 Å². The minimum absolute atomic E-state index is 0.0207. The molecule has 0 saturated carbocycles. The van der Waals surface area contributed by atoms with E-state index in [4.69, 9.17) is 0 Å². The molecular formula is C20H20FN5O3. The zero-order valence-electron chi connectivity index (χ0n) is 15.8. The molecule has 0 spiro atoms. The first-order valence-corrected chi connectivity index (χ1v) is 9.09. The fourth-order valence-corrected chi connectivity index (χ4v) is 2.96. The molecule has 9 heteroatoms. The molecule has 29 heavy (non-hydrogen) atoms. The van der Waals surface area contributed by atoms with Crippen molar-refractivity contribution in [3.8, 4) is 5.69 Å².